The first-order valence-electron chi connectivity index (χ1n) is 9.58. The van der Waals surface area contributed by atoms with Gasteiger partial charge in [-0.3, -0.25) is 4.79 Å². The maximum atomic E-state index is 11.3. The van der Waals surface area contributed by atoms with E-state index < -0.39 is 5.97 Å². The standard InChI is InChI=1S/C21H28O4/c1-11-9-13-10-16(25-12(2)22)19(23)20(24)18(13)14-6-8-21(3)7-4-5-15(21)17(11)14/h10-11,14-15,17,23-24H,4-9H2,1-3H3/t11-,14+,15+,17-,21+/m1/s1. The van der Waals surface area contributed by atoms with Gasteiger partial charge in [0.2, 0.25) is 5.75 Å². The lowest BCUT2D eigenvalue weighted by Crippen LogP contribution is -2.43. The molecule has 0 aromatic heterocycles. The minimum Gasteiger partial charge on any atom is -0.504 e. The lowest BCUT2D eigenvalue weighted by molar-refractivity contribution is -0.132. The summed E-state index contributed by atoms with van der Waals surface area (Å²) in [7, 11) is 0. The zero-order valence-corrected chi connectivity index (χ0v) is 15.3. The Bertz CT molecular complexity index is 725. The van der Waals surface area contributed by atoms with Gasteiger partial charge in [-0.05, 0) is 72.8 Å². The number of carbonyl (C=O) groups excluding carboxylic acids is 1. The van der Waals surface area contributed by atoms with Gasteiger partial charge >= 0.3 is 5.97 Å². The lowest BCUT2D eigenvalue weighted by atomic mass is 9.53. The molecule has 0 aliphatic heterocycles. The molecule has 0 saturated heterocycles. The minimum absolute atomic E-state index is 0.0720. The molecule has 0 bridgehead atoms. The van der Waals surface area contributed by atoms with E-state index in [1.165, 1.54) is 32.6 Å². The molecule has 25 heavy (non-hydrogen) atoms. The van der Waals surface area contributed by atoms with Gasteiger partial charge in [-0.1, -0.05) is 20.3 Å². The molecular weight excluding hydrogens is 316 g/mol. The minimum atomic E-state index is -0.490. The molecule has 1 aromatic rings. The van der Waals surface area contributed by atoms with E-state index in [9.17, 15) is 15.0 Å². The van der Waals surface area contributed by atoms with E-state index in [1.54, 1.807) is 6.07 Å². The van der Waals surface area contributed by atoms with E-state index >= 15 is 0 Å². The lowest BCUT2D eigenvalue weighted by Gasteiger charge is -2.51. The van der Waals surface area contributed by atoms with E-state index in [1.807, 2.05) is 0 Å². The van der Waals surface area contributed by atoms with Crippen molar-refractivity contribution in [1.82, 2.24) is 0 Å². The number of aromatic hydroxyl groups is 2. The number of benzene rings is 1. The fraction of sp³-hybridized carbons (Fsp3) is 0.667. The third-order valence-electron chi connectivity index (χ3n) is 7.30. The molecule has 0 spiro atoms. The highest BCUT2D eigenvalue weighted by Gasteiger charge is 2.53. The van der Waals surface area contributed by atoms with E-state index in [4.69, 9.17) is 4.74 Å². The molecular formula is C21H28O4. The zero-order chi connectivity index (χ0) is 17.9. The highest BCUT2D eigenvalue weighted by molar-refractivity contribution is 5.72. The predicted octanol–water partition coefficient (Wildman–Crippen LogP) is 4.52. The Morgan fingerprint density at radius 2 is 2.00 bits per heavy atom. The van der Waals surface area contributed by atoms with Crippen LogP contribution in [0.25, 0.3) is 0 Å². The monoisotopic (exact) mass is 344 g/mol. The first-order valence-corrected chi connectivity index (χ1v) is 9.58. The summed E-state index contributed by atoms with van der Waals surface area (Å²) in [5.41, 5.74) is 2.38. The second-order valence-corrected chi connectivity index (χ2v) is 8.80. The number of phenolic OH excluding ortho intramolecular Hbond substituents is 2. The third-order valence-corrected chi connectivity index (χ3v) is 7.30. The highest BCUT2D eigenvalue weighted by atomic mass is 16.5. The van der Waals surface area contributed by atoms with Crippen molar-refractivity contribution in [1.29, 1.82) is 0 Å². The van der Waals surface area contributed by atoms with Crippen LogP contribution in [0, 0.1) is 23.2 Å². The first kappa shape index (κ1) is 16.7. The second kappa shape index (κ2) is 5.65. The highest BCUT2D eigenvalue weighted by Crippen LogP contribution is 2.64. The van der Waals surface area contributed by atoms with Crippen molar-refractivity contribution in [2.45, 2.75) is 65.2 Å². The quantitative estimate of drug-likeness (QED) is 0.447. The smallest absolute Gasteiger partial charge is 0.308 e. The average Bonchev–Trinajstić information content (AvgIpc) is 2.93. The molecule has 3 aliphatic rings. The van der Waals surface area contributed by atoms with Gasteiger partial charge in [-0.2, -0.15) is 0 Å². The van der Waals surface area contributed by atoms with Crippen LogP contribution in [0.1, 0.15) is 69.9 Å². The van der Waals surface area contributed by atoms with Gasteiger partial charge in [0.25, 0.3) is 0 Å². The average molecular weight is 344 g/mol. The number of esters is 1. The van der Waals surface area contributed by atoms with Gasteiger partial charge in [0.1, 0.15) is 0 Å². The van der Waals surface area contributed by atoms with Crippen molar-refractivity contribution in [3.8, 4) is 17.2 Å². The molecule has 1 aromatic carbocycles. The Morgan fingerprint density at radius 3 is 2.72 bits per heavy atom. The van der Waals surface area contributed by atoms with Crippen LogP contribution in [0.15, 0.2) is 6.07 Å². The van der Waals surface area contributed by atoms with E-state index in [0.29, 0.717) is 29.1 Å². The maximum absolute atomic E-state index is 11.3. The molecule has 0 radical (unpaired) electrons. The van der Waals surface area contributed by atoms with Crippen LogP contribution >= 0.6 is 0 Å². The van der Waals surface area contributed by atoms with Crippen LogP contribution in [0.3, 0.4) is 0 Å². The summed E-state index contributed by atoms with van der Waals surface area (Å²) in [4.78, 5) is 11.3. The SMILES string of the molecule is CC(=O)Oc1cc2c(c(O)c1O)[C@H]1CC[C@]3(C)CCC[C@H]3[C@@H]1[C@H](C)C2. The van der Waals surface area contributed by atoms with Crippen LogP contribution in [-0.4, -0.2) is 16.2 Å². The van der Waals surface area contributed by atoms with Crippen molar-refractivity contribution < 1.29 is 19.7 Å². The number of rotatable bonds is 1. The van der Waals surface area contributed by atoms with Crippen LogP contribution < -0.4 is 4.74 Å². The molecule has 136 valence electrons. The van der Waals surface area contributed by atoms with Crippen molar-refractivity contribution in [3.05, 3.63) is 17.2 Å². The topological polar surface area (TPSA) is 66.8 Å². The molecule has 4 nitrogen and oxygen atoms in total. The van der Waals surface area contributed by atoms with Gasteiger partial charge in [-0.25, -0.2) is 0 Å². The summed E-state index contributed by atoms with van der Waals surface area (Å²) in [6, 6.07) is 1.76. The summed E-state index contributed by atoms with van der Waals surface area (Å²) in [6.07, 6.45) is 7.04. The fourth-order valence-corrected chi connectivity index (χ4v) is 6.31. The van der Waals surface area contributed by atoms with Crippen LogP contribution in [0.2, 0.25) is 0 Å². The molecule has 2 N–H and O–H groups in total. The summed E-state index contributed by atoms with van der Waals surface area (Å²) >= 11 is 0. The number of phenols is 2. The number of ether oxygens (including phenoxy) is 1. The van der Waals surface area contributed by atoms with Crippen molar-refractivity contribution in [2.24, 2.45) is 23.2 Å². The number of carbonyl (C=O) groups is 1. The normalized spacial score (nSPS) is 36.3. The van der Waals surface area contributed by atoms with Gasteiger partial charge in [-0.15, -0.1) is 0 Å². The van der Waals surface area contributed by atoms with Crippen LogP contribution in [-0.2, 0) is 11.2 Å². The summed E-state index contributed by atoms with van der Waals surface area (Å²) < 4.78 is 5.10. The number of hydrogen-bond donors (Lipinski definition) is 2. The molecule has 2 fully saturated rings. The van der Waals surface area contributed by atoms with Gasteiger partial charge in [0, 0.05) is 12.5 Å². The Morgan fingerprint density at radius 1 is 1.24 bits per heavy atom. The summed E-state index contributed by atoms with van der Waals surface area (Å²) in [6.45, 7) is 6.07. The van der Waals surface area contributed by atoms with Crippen molar-refractivity contribution in [2.75, 3.05) is 0 Å². The first-order chi connectivity index (χ1) is 11.8. The van der Waals surface area contributed by atoms with Gasteiger partial charge in [0.15, 0.2) is 11.5 Å². The number of fused-ring (bicyclic) bond motifs is 5. The van der Waals surface area contributed by atoms with Gasteiger partial charge in [0.05, 0.1) is 0 Å². The molecule has 4 rings (SSSR count). The van der Waals surface area contributed by atoms with Crippen LogP contribution in [0.4, 0.5) is 0 Å². The molecule has 5 atom stereocenters. The number of hydrogen-bond acceptors (Lipinski definition) is 4. The Balaban J connectivity index is 1.79. The molecule has 3 aliphatic carbocycles. The Labute approximate surface area is 149 Å². The molecule has 4 heteroatoms. The fourth-order valence-electron chi connectivity index (χ4n) is 6.31. The third kappa shape index (κ3) is 2.44. The molecule has 2 saturated carbocycles. The van der Waals surface area contributed by atoms with E-state index in [-0.39, 0.29) is 17.2 Å². The van der Waals surface area contributed by atoms with E-state index in [2.05, 4.69) is 13.8 Å². The van der Waals surface area contributed by atoms with Crippen LogP contribution in [0.5, 0.6) is 17.2 Å². The van der Waals surface area contributed by atoms with E-state index in [0.717, 1.165) is 24.0 Å². The zero-order valence-electron chi connectivity index (χ0n) is 15.3. The second-order valence-electron chi connectivity index (χ2n) is 8.80. The summed E-state index contributed by atoms with van der Waals surface area (Å²) in [5, 5.41) is 21.1. The Hall–Kier alpha value is -1.71. The van der Waals surface area contributed by atoms with Gasteiger partial charge < -0.3 is 14.9 Å². The molecule has 0 unspecified atom stereocenters. The molecule has 0 amide bonds. The molecule has 0 heterocycles. The largest absolute Gasteiger partial charge is 0.504 e. The maximum Gasteiger partial charge on any atom is 0.308 e. The van der Waals surface area contributed by atoms with Crippen molar-refractivity contribution >= 4 is 5.97 Å². The Kier molecular flexibility index (Phi) is 3.78. The summed E-state index contributed by atoms with van der Waals surface area (Å²) in [5.74, 6) is 1.34. The predicted molar refractivity (Wildman–Crippen MR) is 94.9 cm³/mol. The van der Waals surface area contributed by atoms with Crippen molar-refractivity contribution in [3.63, 3.8) is 0 Å².